The SMILES string of the molecule is ClCc1cnc(SCC=Cc2ccccc2)s1. The van der Waals surface area contributed by atoms with Crippen LogP contribution in [0.3, 0.4) is 0 Å². The van der Waals surface area contributed by atoms with Gasteiger partial charge in [-0.3, -0.25) is 0 Å². The molecule has 0 aliphatic rings. The Kier molecular flexibility index (Phi) is 5.10. The molecular weight excluding hydrogens is 270 g/mol. The summed E-state index contributed by atoms with van der Waals surface area (Å²) in [6.45, 7) is 0. The van der Waals surface area contributed by atoms with E-state index >= 15 is 0 Å². The van der Waals surface area contributed by atoms with Crippen molar-refractivity contribution < 1.29 is 0 Å². The van der Waals surface area contributed by atoms with Crippen LogP contribution in [0.2, 0.25) is 0 Å². The fourth-order valence-electron chi connectivity index (χ4n) is 1.29. The Bertz CT molecular complexity index is 479. The van der Waals surface area contributed by atoms with Gasteiger partial charge in [-0.2, -0.15) is 0 Å². The zero-order chi connectivity index (χ0) is 11.9. The summed E-state index contributed by atoms with van der Waals surface area (Å²) in [6, 6.07) is 10.3. The fraction of sp³-hybridized carbons (Fsp3) is 0.154. The fourth-order valence-corrected chi connectivity index (χ4v) is 3.23. The van der Waals surface area contributed by atoms with Crippen molar-refractivity contribution >= 4 is 40.8 Å². The van der Waals surface area contributed by atoms with Crippen molar-refractivity contribution in [1.82, 2.24) is 4.98 Å². The molecule has 0 bridgehead atoms. The van der Waals surface area contributed by atoms with E-state index in [1.165, 1.54) is 5.56 Å². The van der Waals surface area contributed by atoms with E-state index < -0.39 is 0 Å². The summed E-state index contributed by atoms with van der Waals surface area (Å²) in [4.78, 5) is 5.42. The average Bonchev–Trinajstić information content (AvgIpc) is 2.84. The molecule has 0 fully saturated rings. The molecule has 4 heteroatoms. The number of nitrogens with zero attached hydrogens (tertiary/aromatic N) is 1. The number of hydrogen-bond donors (Lipinski definition) is 0. The van der Waals surface area contributed by atoms with Crippen LogP contribution in [0.25, 0.3) is 6.08 Å². The molecule has 0 aliphatic heterocycles. The van der Waals surface area contributed by atoms with Gasteiger partial charge in [-0.1, -0.05) is 54.2 Å². The van der Waals surface area contributed by atoms with E-state index in [0.717, 1.165) is 15.0 Å². The first-order chi connectivity index (χ1) is 8.38. The second-order valence-electron chi connectivity index (χ2n) is 3.35. The molecule has 0 amide bonds. The number of thiazole rings is 1. The van der Waals surface area contributed by atoms with E-state index in [1.807, 2.05) is 24.4 Å². The van der Waals surface area contributed by atoms with Gasteiger partial charge in [-0.05, 0) is 5.56 Å². The summed E-state index contributed by atoms with van der Waals surface area (Å²) in [7, 11) is 0. The summed E-state index contributed by atoms with van der Waals surface area (Å²) in [5, 5.41) is 0. The van der Waals surface area contributed by atoms with Crippen LogP contribution in [0.4, 0.5) is 0 Å². The van der Waals surface area contributed by atoms with Crippen molar-refractivity contribution in [1.29, 1.82) is 0 Å². The molecule has 0 radical (unpaired) electrons. The van der Waals surface area contributed by atoms with Gasteiger partial charge in [0.2, 0.25) is 0 Å². The number of halogens is 1. The molecule has 0 N–H and O–H groups in total. The van der Waals surface area contributed by atoms with E-state index in [2.05, 4.69) is 29.3 Å². The van der Waals surface area contributed by atoms with E-state index in [-0.39, 0.29) is 0 Å². The Hall–Kier alpha value is -0.770. The molecule has 2 rings (SSSR count). The highest BCUT2D eigenvalue weighted by Crippen LogP contribution is 2.25. The average molecular weight is 282 g/mol. The lowest BCUT2D eigenvalue weighted by atomic mass is 10.2. The lowest BCUT2D eigenvalue weighted by molar-refractivity contribution is 1.24. The number of alkyl halides is 1. The van der Waals surface area contributed by atoms with Crippen molar-refractivity contribution in [2.75, 3.05) is 5.75 Å². The third kappa shape index (κ3) is 4.19. The normalized spacial score (nSPS) is 11.1. The smallest absolute Gasteiger partial charge is 0.150 e. The molecule has 88 valence electrons. The van der Waals surface area contributed by atoms with E-state index in [9.17, 15) is 0 Å². The van der Waals surface area contributed by atoms with Gasteiger partial charge >= 0.3 is 0 Å². The summed E-state index contributed by atoms with van der Waals surface area (Å²) in [5.41, 5.74) is 1.23. The Labute approximate surface area is 115 Å². The largest absolute Gasteiger partial charge is 0.238 e. The highest BCUT2D eigenvalue weighted by Gasteiger charge is 1.99. The number of benzene rings is 1. The van der Waals surface area contributed by atoms with Crippen LogP contribution in [0.1, 0.15) is 10.4 Å². The summed E-state index contributed by atoms with van der Waals surface area (Å²) < 4.78 is 1.08. The predicted octanol–water partition coefficient (Wildman–Crippen LogP) is 4.69. The van der Waals surface area contributed by atoms with Crippen LogP contribution < -0.4 is 0 Å². The number of hydrogen-bond acceptors (Lipinski definition) is 3. The first-order valence-electron chi connectivity index (χ1n) is 5.23. The first kappa shape index (κ1) is 12.7. The molecule has 0 saturated carbocycles. The van der Waals surface area contributed by atoms with Crippen molar-refractivity contribution in [3.63, 3.8) is 0 Å². The number of aromatic nitrogens is 1. The molecule has 0 aliphatic carbocycles. The van der Waals surface area contributed by atoms with Crippen LogP contribution >= 0.6 is 34.7 Å². The van der Waals surface area contributed by atoms with Crippen LogP contribution in [0.5, 0.6) is 0 Å². The minimum Gasteiger partial charge on any atom is -0.238 e. The monoisotopic (exact) mass is 281 g/mol. The summed E-state index contributed by atoms with van der Waals surface area (Å²) in [6.07, 6.45) is 6.13. The maximum absolute atomic E-state index is 5.73. The van der Waals surface area contributed by atoms with Crippen LogP contribution in [-0.2, 0) is 5.88 Å². The molecule has 0 spiro atoms. The molecule has 1 aromatic heterocycles. The maximum Gasteiger partial charge on any atom is 0.150 e. The van der Waals surface area contributed by atoms with Gasteiger partial charge in [-0.25, -0.2) is 4.98 Å². The highest BCUT2D eigenvalue weighted by molar-refractivity contribution is 8.01. The third-order valence-corrected chi connectivity index (χ3v) is 4.63. The Morgan fingerprint density at radius 2 is 2.12 bits per heavy atom. The van der Waals surface area contributed by atoms with E-state index in [4.69, 9.17) is 11.6 Å². The van der Waals surface area contributed by atoms with Gasteiger partial charge in [0.15, 0.2) is 0 Å². The van der Waals surface area contributed by atoms with Crippen molar-refractivity contribution in [2.24, 2.45) is 0 Å². The van der Waals surface area contributed by atoms with Crippen molar-refractivity contribution in [3.8, 4) is 0 Å². The first-order valence-corrected chi connectivity index (χ1v) is 7.57. The zero-order valence-corrected chi connectivity index (χ0v) is 11.6. The van der Waals surface area contributed by atoms with E-state index in [1.54, 1.807) is 23.1 Å². The zero-order valence-electron chi connectivity index (χ0n) is 9.17. The van der Waals surface area contributed by atoms with Crippen molar-refractivity contribution in [3.05, 3.63) is 53.0 Å². The van der Waals surface area contributed by atoms with Crippen LogP contribution in [-0.4, -0.2) is 10.7 Å². The Balaban J connectivity index is 1.81. The lowest BCUT2D eigenvalue weighted by Crippen LogP contribution is -1.72. The van der Waals surface area contributed by atoms with Gasteiger partial charge in [-0.15, -0.1) is 22.9 Å². The van der Waals surface area contributed by atoms with Crippen LogP contribution in [0, 0.1) is 0 Å². The highest BCUT2D eigenvalue weighted by atomic mass is 35.5. The second kappa shape index (κ2) is 6.84. The van der Waals surface area contributed by atoms with Gasteiger partial charge < -0.3 is 0 Å². The summed E-state index contributed by atoms with van der Waals surface area (Å²) >= 11 is 9.13. The number of rotatable bonds is 5. The third-order valence-electron chi connectivity index (χ3n) is 2.08. The van der Waals surface area contributed by atoms with Gasteiger partial charge in [0.1, 0.15) is 4.34 Å². The molecule has 0 unspecified atom stereocenters. The molecular formula is C13H12ClNS2. The van der Waals surface area contributed by atoms with E-state index in [0.29, 0.717) is 5.88 Å². The molecule has 1 aromatic carbocycles. The minimum atomic E-state index is 0.554. The molecule has 17 heavy (non-hydrogen) atoms. The second-order valence-corrected chi connectivity index (χ2v) is 6.00. The molecule has 0 saturated heterocycles. The Morgan fingerprint density at radius 1 is 1.29 bits per heavy atom. The minimum absolute atomic E-state index is 0.554. The summed E-state index contributed by atoms with van der Waals surface area (Å²) in [5.74, 6) is 1.49. The lowest BCUT2D eigenvalue weighted by Gasteiger charge is -1.92. The van der Waals surface area contributed by atoms with Gasteiger partial charge in [0, 0.05) is 16.8 Å². The Morgan fingerprint density at radius 3 is 2.82 bits per heavy atom. The van der Waals surface area contributed by atoms with Crippen LogP contribution in [0.15, 0.2) is 46.9 Å². The van der Waals surface area contributed by atoms with Crippen molar-refractivity contribution in [2.45, 2.75) is 10.2 Å². The van der Waals surface area contributed by atoms with Gasteiger partial charge in [0.05, 0.1) is 5.88 Å². The molecule has 1 heterocycles. The molecule has 0 atom stereocenters. The standard InChI is InChI=1S/C13H12ClNS2/c14-9-12-10-15-13(17-12)16-8-4-7-11-5-2-1-3-6-11/h1-7,10H,8-9H2. The number of thioether (sulfide) groups is 1. The van der Waals surface area contributed by atoms with Gasteiger partial charge in [0.25, 0.3) is 0 Å². The molecule has 1 nitrogen and oxygen atoms in total. The quantitative estimate of drug-likeness (QED) is 0.583. The topological polar surface area (TPSA) is 12.9 Å². The predicted molar refractivity (Wildman–Crippen MR) is 77.9 cm³/mol. The molecule has 2 aromatic rings. The maximum atomic E-state index is 5.73.